The minimum absolute atomic E-state index is 0.0247. The first-order valence-electron chi connectivity index (χ1n) is 10.1. The molecule has 1 amide bonds. The number of benzene rings is 2. The molecule has 0 radical (unpaired) electrons. The second-order valence-electron chi connectivity index (χ2n) is 7.61. The van der Waals surface area contributed by atoms with E-state index in [0.29, 0.717) is 17.3 Å². The SMILES string of the molecule is Cc1ccc(-c2nc(C[S@@](=O)CC(=O)N[C@@H](C)CCc3ccccc3)c(C)o2)cc1. The number of nitrogens with zero attached hydrogens (tertiary/aromatic N) is 1. The van der Waals surface area contributed by atoms with E-state index in [2.05, 4.69) is 22.4 Å². The first-order valence-corrected chi connectivity index (χ1v) is 11.6. The minimum Gasteiger partial charge on any atom is -0.441 e. The summed E-state index contributed by atoms with van der Waals surface area (Å²) in [5, 5.41) is 2.94. The predicted octanol–water partition coefficient (Wildman–Crippen LogP) is 4.34. The van der Waals surface area contributed by atoms with E-state index in [1.54, 1.807) is 0 Å². The highest BCUT2D eigenvalue weighted by Gasteiger charge is 2.17. The summed E-state index contributed by atoms with van der Waals surface area (Å²) in [6.07, 6.45) is 1.73. The third-order valence-electron chi connectivity index (χ3n) is 4.90. The quantitative estimate of drug-likeness (QED) is 0.554. The van der Waals surface area contributed by atoms with Crippen LogP contribution in [0.15, 0.2) is 59.0 Å². The molecule has 0 fully saturated rings. The summed E-state index contributed by atoms with van der Waals surface area (Å²) in [5.74, 6) is 1.11. The largest absolute Gasteiger partial charge is 0.441 e. The zero-order valence-electron chi connectivity index (χ0n) is 17.7. The van der Waals surface area contributed by atoms with E-state index in [-0.39, 0.29) is 23.5 Å². The molecule has 0 saturated heterocycles. The van der Waals surface area contributed by atoms with Crippen molar-refractivity contribution in [1.29, 1.82) is 0 Å². The lowest BCUT2D eigenvalue weighted by Gasteiger charge is -2.13. The zero-order valence-corrected chi connectivity index (χ0v) is 18.5. The molecule has 0 aliphatic carbocycles. The van der Waals surface area contributed by atoms with Gasteiger partial charge in [0.15, 0.2) is 0 Å². The molecule has 0 spiro atoms. The van der Waals surface area contributed by atoms with Crippen LogP contribution in [0, 0.1) is 13.8 Å². The van der Waals surface area contributed by atoms with Crippen LogP contribution in [-0.2, 0) is 27.8 Å². The van der Waals surface area contributed by atoms with Crippen molar-refractivity contribution in [2.24, 2.45) is 0 Å². The molecule has 2 atom stereocenters. The molecule has 1 aromatic heterocycles. The highest BCUT2D eigenvalue weighted by atomic mass is 32.2. The van der Waals surface area contributed by atoms with E-state index in [0.717, 1.165) is 24.0 Å². The van der Waals surface area contributed by atoms with Crippen LogP contribution in [-0.4, -0.2) is 26.9 Å². The molecule has 0 unspecified atom stereocenters. The first kappa shape index (κ1) is 22.0. The molecule has 3 aromatic rings. The third-order valence-corrected chi connectivity index (χ3v) is 6.08. The van der Waals surface area contributed by atoms with Gasteiger partial charge in [0.2, 0.25) is 11.8 Å². The molecule has 0 saturated carbocycles. The van der Waals surface area contributed by atoms with Gasteiger partial charge in [-0.15, -0.1) is 0 Å². The van der Waals surface area contributed by atoms with Gasteiger partial charge in [-0.05, 0) is 51.3 Å². The summed E-state index contributed by atoms with van der Waals surface area (Å²) in [6.45, 7) is 5.80. The third kappa shape index (κ3) is 6.39. The molecule has 0 aliphatic rings. The molecular weight excluding hydrogens is 396 g/mol. The Morgan fingerprint density at radius 1 is 1.10 bits per heavy atom. The van der Waals surface area contributed by atoms with Gasteiger partial charge < -0.3 is 9.73 Å². The van der Waals surface area contributed by atoms with Gasteiger partial charge in [-0.25, -0.2) is 4.98 Å². The summed E-state index contributed by atoms with van der Waals surface area (Å²) in [5.41, 5.74) is 3.92. The van der Waals surface area contributed by atoms with E-state index in [9.17, 15) is 9.00 Å². The molecule has 6 heteroatoms. The number of amides is 1. The number of carbonyl (C=O) groups is 1. The van der Waals surface area contributed by atoms with Crippen molar-refractivity contribution >= 4 is 16.7 Å². The van der Waals surface area contributed by atoms with Crippen LogP contribution in [0.4, 0.5) is 0 Å². The van der Waals surface area contributed by atoms with Crippen molar-refractivity contribution in [2.75, 3.05) is 5.75 Å². The highest BCUT2D eigenvalue weighted by molar-refractivity contribution is 7.84. The van der Waals surface area contributed by atoms with E-state index in [1.165, 1.54) is 5.56 Å². The van der Waals surface area contributed by atoms with Crippen LogP contribution in [0.1, 0.15) is 35.9 Å². The van der Waals surface area contributed by atoms with Crippen LogP contribution >= 0.6 is 0 Å². The van der Waals surface area contributed by atoms with Crippen molar-refractivity contribution in [2.45, 2.75) is 45.4 Å². The van der Waals surface area contributed by atoms with Gasteiger partial charge in [-0.3, -0.25) is 9.00 Å². The fraction of sp³-hybridized carbons (Fsp3) is 0.333. The van der Waals surface area contributed by atoms with Crippen LogP contribution < -0.4 is 5.32 Å². The number of oxazole rings is 1. The van der Waals surface area contributed by atoms with Crippen LogP contribution in [0.2, 0.25) is 0 Å². The van der Waals surface area contributed by atoms with Crippen molar-refractivity contribution in [3.05, 3.63) is 77.2 Å². The number of hydrogen-bond donors (Lipinski definition) is 1. The Hall–Kier alpha value is -2.73. The number of aryl methyl sites for hydroxylation is 3. The van der Waals surface area contributed by atoms with Crippen LogP contribution in [0.25, 0.3) is 11.5 Å². The molecule has 1 N–H and O–H groups in total. The van der Waals surface area contributed by atoms with Gasteiger partial charge in [0.05, 0.1) is 11.4 Å². The fourth-order valence-corrected chi connectivity index (χ4v) is 4.20. The Morgan fingerprint density at radius 2 is 1.80 bits per heavy atom. The van der Waals surface area contributed by atoms with Gasteiger partial charge in [-0.1, -0.05) is 48.0 Å². The van der Waals surface area contributed by atoms with Crippen molar-refractivity contribution in [1.82, 2.24) is 10.3 Å². The molecule has 1 heterocycles. The maximum absolute atomic E-state index is 12.5. The maximum Gasteiger partial charge on any atom is 0.232 e. The van der Waals surface area contributed by atoms with Gasteiger partial charge in [0, 0.05) is 22.4 Å². The molecule has 5 nitrogen and oxygen atoms in total. The minimum atomic E-state index is -1.35. The number of rotatable bonds is 9. The average Bonchev–Trinajstić information content (AvgIpc) is 3.07. The standard InChI is InChI=1S/C24H28N2O3S/c1-17-9-13-21(14-10-17)24-26-22(19(3)29-24)15-30(28)16-23(27)25-18(2)11-12-20-7-5-4-6-8-20/h4-10,13-14,18H,11-12,15-16H2,1-3H3,(H,25,27)/t18-,30+/m0/s1. The molecule has 0 bridgehead atoms. The Bertz CT molecular complexity index is 997. The topological polar surface area (TPSA) is 72.2 Å². The van der Waals surface area contributed by atoms with E-state index in [1.807, 2.05) is 63.2 Å². The Balaban J connectivity index is 1.49. The lowest BCUT2D eigenvalue weighted by Crippen LogP contribution is -2.36. The summed E-state index contributed by atoms with van der Waals surface area (Å²) >= 11 is 0. The molecule has 3 rings (SSSR count). The predicted molar refractivity (Wildman–Crippen MR) is 120 cm³/mol. The van der Waals surface area contributed by atoms with Gasteiger partial charge in [0.25, 0.3) is 0 Å². The molecule has 0 aliphatic heterocycles. The van der Waals surface area contributed by atoms with E-state index < -0.39 is 10.8 Å². The van der Waals surface area contributed by atoms with Crippen LogP contribution in [0.5, 0.6) is 0 Å². The van der Waals surface area contributed by atoms with Gasteiger partial charge >= 0.3 is 0 Å². The van der Waals surface area contributed by atoms with Crippen molar-refractivity contribution < 1.29 is 13.4 Å². The Kier molecular flexibility index (Phi) is 7.57. The number of carbonyl (C=O) groups excluding carboxylic acids is 1. The second kappa shape index (κ2) is 10.3. The lowest BCUT2D eigenvalue weighted by atomic mass is 10.1. The number of aromatic nitrogens is 1. The fourth-order valence-electron chi connectivity index (χ4n) is 3.15. The maximum atomic E-state index is 12.5. The lowest BCUT2D eigenvalue weighted by molar-refractivity contribution is -0.119. The average molecular weight is 425 g/mol. The van der Waals surface area contributed by atoms with E-state index in [4.69, 9.17) is 4.42 Å². The smallest absolute Gasteiger partial charge is 0.232 e. The highest BCUT2D eigenvalue weighted by Crippen LogP contribution is 2.22. The molecule has 2 aromatic carbocycles. The molecular formula is C24H28N2O3S. The second-order valence-corrected chi connectivity index (χ2v) is 9.07. The Labute approximate surface area is 180 Å². The van der Waals surface area contributed by atoms with Crippen LogP contribution in [0.3, 0.4) is 0 Å². The molecule has 30 heavy (non-hydrogen) atoms. The normalized spacial score (nSPS) is 13.0. The first-order chi connectivity index (χ1) is 14.4. The summed E-state index contributed by atoms with van der Waals surface area (Å²) < 4.78 is 18.2. The number of nitrogens with one attached hydrogen (secondary N) is 1. The summed E-state index contributed by atoms with van der Waals surface area (Å²) in [4.78, 5) is 16.8. The van der Waals surface area contributed by atoms with Gasteiger partial charge in [-0.2, -0.15) is 0 Å². The molecule has 158 valence electrons. The van der Waals surface area contributed by atoms with Crippen molar-refractivity contribution in [3.8, 4) is 11.5 Å². The van der Waals surface area contributed by atoms with Crippen molar-refractivity contribution in [3.63, 3.8) is 0 Å². The van der Waals surface area contributed by atoms with E-state index >= 15 is 0 Å². The van der Waals surface area contributed by atoms with Gasteiger partial charge in [0.1, 0.15) is 11.5 Å². The summed E-state index contributed by atoms with van der Waals surface area (Å²) in [6, 6.07) is 18.1. The zero-order chi connectivity index (χ0) is 21.5. The summed E-state index contributed by atoms with van der Waals surface area (Å²) in [7, 11) is -1.35. The Morgan fingerprint density at radius 3 is 2.50 bits per heavy atom. The number of hydrogen-bond acceptors (Lipinski definition) is 4. The monoisotopic (exact) mass is 424 g/mol.